The maximum absolute atomic E-state index is 12.2. The fraction of sp³-hybridized carbons (Fsp3) is 0.400. The van der Waals surface area contributed by atoms with Crippen molar-refractivity contribution >= 4 is 5.91 Å². The Bertz CT molecular complexity index is 710. The first-order valence-corrected chi connectivity index (χ1v) is 8.99. The van der Waals surface area contributed by atoms with E-state index in [-0.39, 0.29) is 11.6 Å². The van der Waals surface area contributed by atoms with Crippen LogP contribution >= 0.6 is 0 Å². The summed E-state index contributed by atoms with van der Waals surface area (Å²) >= 11 is 0. The van der Waals surface area contributed by atoms with E-state index >= 15 is 0 Å². The van der Waals surface area contributed by atoms with Gasteiger partial charge in [-0.2, -0.15) is 4.73 Å². The molecule has 1 fully saturated rings. The van der Waals surface area contributed by atoms with Crippen LogP contribution in [-0.2, 0) is 13.1 Å². The van der Waals surface area contributed by atoms with Gasteiger partial charge in [-0.15, -0.1) is 0 Å². The molecule has 132 valence electrons. The van der Waals surface area contributed by atoms with Crippen LogP contribution in [0.3, 0.4) is 0 Å². The third-order valence-corrected chi connectivity index (χ3v) is 4.71. The molecular weight excluding hydrogens is 314 g/mol. The number of hydrogen-bond acceptors (Lipinski definition) is 3. The Hall–Kier alpha value is -2.40. The quantitative estimate of drug-likeness (QED) is 0.673. The predicted molar refractivity (Wildman–Crippen MR) is 96.8 cm³/mol. The van der Waals surface area contributed by atoms with Gasteiger partial charge in [-0.1, -0.05) is 37.1 Å². The largest absolute Gasteiger partial charge is 0.618 e. The van der Waals surface area contributed by atoms with Gasteiger partial charge in [-0.25, -0.2) is 0 Å². The number of rotatable bonds is 5. The number of pyridine rings is 1. The number of likely N-dealkylation sites (tertiary alicyclic amines) is 1. The average Bonchev–Trinajstić information content (AvgIpc) is 2.90. The summed E-state index contributed by atoms with van der Waals surface area (Å²) in [6.45, 7) is 3.62. The molecule has 0 unspecified atom stereocenters. The first kappa shape index (κ1) is 17.4. The van der Waals surface area contributed by atoms with Crippen LogP contribution in [-0.4, -0.2) is 23.9 Å². The van der Waals surface area contributed by atoms with Crippen molar-refractivity contribution < 1.29 is 9.52 Å². The second-order valence-corrected chi connectivity index (χ2v) is 6.55. The number of benzene rings is 1. The zero-order valence-corrected chi connectivity index (χ0v) is 14.5. The first-order chi connectivity index (χ1) is 12.2. The molecule has 0 saturated carbocycles. The highest BCUT2D eigenvalue weighted by molar-refractivity contribution is 5.90. The minimum atomic E-state index is -0.347. The van der Waals surface area contributed by atoms with E-state index in [0.29, 0.717) is 11.3 Å². The molecule has 5 heteroatoms. The normalized spacial score (nSPS) is 15.5. The Labute approximate surface area is 148 Å². The van der Waals surface area contributed by atoms with Crippen LogP contribution in [0.15, 0.2) is 48.7 Å². The van der Waals surface area contributed by atoms with Gasteiger partial charge in [-0.3, -0.25) is 9.69 Å². The van der Waals surface area contributed by atoms with Crippen molar-refractivity contribution in [3.8, 4) is 0 Å². The molecule has 1 amide bonds. The van der Waals surface area contributed by atoms with E-state index in [9.17, 15) is 10.0 Å². The molecule has 1 aromatic carbocycles. The Balaban J connectivity index is 1.64. The van der Waals surface area contributed by atoms with Gasteiger partial charge in [0.25, 0.3) is 5.69 Å². The lowest BCUT2D eigenvalue weighted by atomic mass is 10.1. The molecule has 0 spiro atoms. The van der Waals surface area contributed by atoms with Crippen LogP contribution in [0.4, 0.5) is 0 Å². The van der Waals surface area contributed by atoms with Crippen LogP contribution in [0.25, 0.3) is 0 Å². The standard InChI is InChI=1S/C20H25N3O2/c24-20(19-11-5-8-14-23(19)25)21-15-17-9-3-4-10-18(17)16-22-12-6-1-2-7-13-22/h3-5,8-11,14H,1-2,6-7,12-13,15-16H2,(H,21,24). The van der Waals surface area contributed by atoms with Crippen molar-refractivity contribution in [3.05, 3.63) is 70.7 Å². The first-order valence-electron chi connectivity index (χ1n) is 8.99. The number of carbonyl (C=O) groups is 1. The van der Waals surface area contributed by atoms with Crippen molar-refractivity contribution in [3.63, 3.8) is 0 Å². The number of amides is 1. The van der Waals surface area contributed by atoms with Gasteiger partial charge >= 0.3 is 5.91 Å². The minimum Gasteiger partial charge on any atom is -0.618 e. The number of nitrogens with one attached hydrogen (secondary N) is 1. The van der Waals surface area contributed by atoms with Gasteiger partial charge in [0, 0.05) is 25.2 Å². The molecule has 1 saturated heterocycles. The number of nitrogens with zero attached hydrogens (tertiary/aromatic N) is 2. The molecule has 0 aliphatic carbocycles. The molecule has 5 nitrogen and oxygen atoms in total. The third-order valence-electron chi connectivity index (χ3n) is 4.71. The van der Waals surface area contributed by atoms with E-state index in [2.05, 4.69) is 16.3 Å². The molecule has 25 heavy (non-hydrogen) atoms. The number of carbonyl (C=O) groups excluding carboxylic acids is 1. The molecule has 1 aliphatic heterocycles. The highest BCUT2D eigenvalue weighted by Crippen LogP contribution is 2.16. The predicted octanol–water partition coefficient (Wildman–Crippen LogP) is 2.63. The van der Waals surface area contributed by atoms with E-state index in [1.807, 2.05) is 18.2 Å². The molecule has 1 aliphatic rings. The molecule has 2 aromatic rings. The molecule has 1 aromatic heterocycles. The lowest BCUT2D eigenvalue weighted by Crippen LogP contribution is -2.39. The van der Waals surface area contributed by atoms with E-state index < -0.39 is 0 Å². The van der Waals surface area contributed by atoms with E-state index in [1.165, 1.54) is 43.5 Å². The molecular formula is C20H25N3O2. The smallest absolute Gasteiger partial charge is 0.317 e. The minimum absolute atomic E-state index is 0.118. The molecule has 3 rings (SSSR count). The number of aromatic nitrogens is 1. The Morgan fingerprint density at radius 3 is 2.40 bits per heavy atom. The molecule has 2 heterocycles. The Morgan fingerprint density at radius 1 is 1.00 bits per heavy atom. The molecule has 0 radical (unpaired) electrons. The second-order valence-electron chi connectivity index (χ2n) is 6.55. The average molecular weight is 339 g/mol. The lowest BCUT2D eigenvalue weighted by molar-refractivity contribution is -0.607. The van der Waals surface area contributed by atoms with Crippen molar-refractivity contribution in [2.75, 3.05) is 13.1 Å². The summed E-state index contributed by atoms with van der Waals surface area (Å²) < 4.78 is 0.596. The monoisotopic (exact) mass is 339 g/mol. The zero-order valence-electron chi connectivity index (χ0n) is 14.5. The van der Waals surface area contributed by atoms with Crippen LogP contribution < -0.4 is 10.0 Å². The van der Waals surface area contributed by atoms with Crippen molar-refractivity contribution in [2.45, 2.75) is 38.8 Å². The summed E-state index contributed by atoms with van der Waals surface area (Å²) in [4.78, 5) is 14.7. The van der Waals surface area contributed by atoms with Crippen LogP contribution in [0.5, 0.6) is 0 Å². The summed E-state index contributed by atoms with van der Waals surface area (Å²) in [6.07, 6.45) is 6.50. The van der Waals surface area contributed by atoms with Gasteiger partial charge in [0.2, 0.25) is 0 Å². The van der Waals surface area contributed by atoms with Crippen LogP contribution in [0.2, 0.25) is 0 Å². The second kappa shape index (κ2) is 8.62. The third kappa shape index (κ3) is 4.79. The van der Waals surface area contributed by atoms with Crippen LogP contribution in [0, 0.1) is 5.21 Å². The maximum Gasteiger partial charge on any atom is 0.317 e. The topological polar surface area (TPSA) is 59.3 Å². The maximum atomic E-state index is 12.2. The van der Waals surface area contributed by atoms with Crippen molar-refractivity contribution in [2.24, 2.45) is 0 Å². The Kier molecular flexibility index (Phi) is 6.01. The molecule has 0 atom stereocenters. The summed E-state index contributed by atoms with van der Waals surface area (Å²) in [7, 11) is 0. The Morgan fingerprint density at radius 2 is 1.68 bits per heavy atom. The van der Waals surface area contributed by atoms with Gasteiger partial charge in [0.05, 0.1) is 0 Å². The lowest BCUT2D eigenvalue weighted by Gasteiger charge is -2.21. The molecule has 0 bridgehead atoms. The highest BCUT2D eigenvalue weighted by Gasteiger charge is 2.16. The summed E-state index contributed by atoms with van der Waals surface area (Å²) in [5.41, 5.74) is 2.47. The van der Waals surface area contributed by atoms with Crippen molar-refractivity contribution in [1.29, 1.82) is 0 Å². The van der Waals surface area contributed by atoms with Gasteiger partial charge in [0.1, 0.15) is 0 Å². The summed E-state index contributed by atoms with van der Waals surface area (Å²) in [6, 6.07) is 13.0. The van der Waals surface area contributed by atoms with Gasteiger partial charge < -0.3 is 10.5 Å². The van der Waals surface area contributed by atoms with E-state index in [4.69, 9.17) is 0 Å². The fourth-order valence-corrected chi connectivity index (χ4v) is 3.29. The van der Waals surface area contributed by atoms with Gasteiger partial charge in [0.15, 0.2) is 6.20 Å². The zero-order chi connectivity index (χ0) is 17.5. The summed E-state index contributed by atoms with van der Waals surface area (Å²) in [5.74, 6) is -0.347. The van der Waals surface area contributed by atoms with E-state index in [1.54, 1.807) is 12.1 Å². The fourth-order valence-electron chi connectivity index (χ4n) is 3.29. The highest BCUT2D eigenvalue weighted by atomic mass is 16.5. The van der Waals surface area contributed by atoms with Gasteiger partial charge in [-0.05, 0) is 43.1 Å². The number of hydrogen-bond donors (Lipinski definition) is 1. The van der Waals surface area contributed by atoms with Crippen LogP contribution in [0.1, 0.15) is 47.3 Å². The van der Waals surface area contributed by atoms with Crippen molar-refractivity contribution in [1.82, 2.24) is 10.2 Å². The summed E-state index contributed by atoms with van der Waals surface area (Å²) in [5, 5.41) is 14.6. The SMILES string of the molecule is O=C(NCc1ccccc1CN1CCCCCC1)c1cccc[n+]1[O-]. The van der Waals surface area contributed by atoms with E-state index in [0.717, 1.165) is 25.2 Å². The molecule has 1 N–H and O–H groups in total.